The highest BCUT2D eigenvalue weighted by Crippen LogP contribution is 2.30. The van der Waals surface area contributed by atoms with Crippen LogP contribution in [0.1, 0.15) is 24.5 Å². The first-order valence-electron chi connectivity index (χ1n) is 6.03. The number of aromatic nitrogens is 5. The number of hydrogen-bond donors (Lipinski definition) is 2. The molecule has 0 spiro atoms. The Morgan fingerprint density at radius 1 is 1.29 bits per heavy atom. The van der Waals surface area contributed by atoms with Crippen LogP contribution in [0.15, 0.2) is 12.4 Å². The third-order valence-corrected chi connectivity index (χ3v) is 2.65. The summed E-state index contributed by atoms with van der Waals surface area (Å²) in [5, 5.41) is 9.08. The van der Waals surface area contributed by atoms with Crippen molar-refractivity contribution in [1.82, 2.24) is 25.1 Å². The molecule has 7 nitrogen and oxygen atoms in total. The van der Waals surface area contributed by atoms with E-state index in [0.717, 1.165) is 6.07 Å². The van der Waals surface area contributed by atoms with Gasteiger partial charge in [0.15, 0.2) is 5.69 Å². The molecule has 10 heteroatoms. The predicted molar refractivity (Wildman–Crippen MR) is 69.8 cm³/mol. The Balaban J connectivity index is 2.32. The quantitative estimate of drug-likeness (QED) is 0.897. The number of hydrogen-bond acceptors (Lipinski definition) is 6. The van der Waals surface area contributed by atoms with Crippen molar-refractivity contribution in [3.05, 3.63) is 23.9 Å². The molecule has 1 atom stereocenters. The maximum absolute atomic E-state index is 12.9. The summed E-state index contributed by atoms with van der Waals surface area (Å²) in [5.41, 5.74) is -1.01. The Kier molecular flexibility index (Phi) is 3.96. The van der Waals surface area contributed by atoms with Gasteiger partial charge in [-0.2, -0.15) is 23.3 Å². The molecule has 0 amide bonds. The lowest BCUT2D eigenvalue weighted by Crippen LogP contribution is -2.19. The number of alkyl halides is 3. The maximum Gasteiger partial charge on any atom is 0.433 e. The first-order chi connectivity index (χ1) is 9.77. The lowest BCUT2D eigenvalue weighted by Gasteiger charge is -2.17. The van der Waals surface area contributed by atoms with Crippen LogP contribution in [0.4, 0.5) is 24.9 Å². The van der Waals surface area contributed by atoms with Crippen LogP contribution in [0, 0.1) is 0 Å². The first-order valence-corrected chi connectivity index (χ1v) is 6.03. The van der Waals surface area contributed by atoms with Gasteiger partial charge in [0.1, 0.15) is 18.0 Å². The average Bonchev–Trinajstić information content (AvgIpc) is 2.91. The van der Waals surface area contributed by atoms with Gasteiger partial charge >= 0.3 is 6.18 Å². The van der Waals surface area contributed by atoms with Gasteiger partial charge < -0.3 is 10.2 Å². The van der Waals surface area contributed by atoms with Gasteiger partial charge in [-0.05, 0) is 6.92 Å². The second kappa shape index (κ2) is 5.54. The largest absolute Gasteiger partial charge is 0.433 e. The molecule has 0 saturated carbocycles. The van der Waals surface area contributed by atoms with Crippen molar-refractivity contribution in [3.8, 4) is 0 Å². The summed E-state index contributed by atoms with van der Waals surface area (Å²) in [6.45, 7) is 1.71. The number of nitrogens with zero attached hydrogens (tertiary/aromatic N) is 5. The number of rotatable bonds is 4. The van der Waals surface area contributed by atoms with Gasteiger partial charge in [0.2, 0.25) is 5.95 Å². The van der Waals surface area contributed by atoms with Crippen molar-refractivity contribution >= 4 is 11.8 Å². The highest BCUT2D eigenvalue weighted by atomic mass is 19.4. The van der Waals surface area contributed by atoms with Crippen molar-refractivity contribution < 1.29 is 13.2 Å². The molecule has 2 rings (SSSR count). The summed E-state index contributed by atoms with van der Waals surface area (Å²) in [5.74, 6) is 0.504. The van der Waals surface area contributed by atoms with Gasteiger partial charge in [-0.3, -0.25) is 5.10 Å². The van der Waals surface area contributed by atoms with Crippen LogP contribution in [0.3, 0.4) is 0 Å². The van der Waals surface area contributed by atoms with E-state index in [1.165, 1.54) is 11.2 Å². The van der Waals surface area contributed by atoms with Crippen LogP contribution >= 0.6 is 0 Å². The minimum Gasteiger partial charge on any atom is -0.363 e. The maximum atomic E-state index is 12.9. The highest BCUT2D eigenvalue weighted by Gasteiger charge is 2.34. The van der Waals surface area contributed by atoms with E-state index in [1.807, 2.05) is 0 Å². The van der Waals surface area contributed by atoms with Gasteiger partial charge in [-0.25, -0.2) is 9.97 Å². The van der Waals surface area contributed by atoms with Crippen molar-refractivity contribution in [2.24, 2.45) is 0 Å². The molecule has 0 radical (unpaired) electrons. The van der Waals surface area contributed by atoms with Gasteiger partial charge in [0.05, 0.1) is 6.04 Å². The molecule has 21 heavy (non-hydrogen) atoms. The monoisotopic (exact) mass is 301 g/mol. The van der Waals surface area contributed by atoms with Gasteiger partial charge in [0.25, 0.3) is 0 Å². The van der Waals surface area contributed by atoms with Crippen molar-refractivity contribution in [2.75, 3.05) is 24.3 Å². The molecule has 2 aromatic rings. The standard InChI is InChI=1S/C11H14F3N7/c1-6(9-15-5-16-20-9)17-10-18-7(11(12,13)14)4-8(19-10)21(2)3/h4-6H,1-3H3,(H,15,16,20)(H,17,18,19). The van der Waals surface area contributed by atoms with E-state index in [1.54, 1.807) is 21.0 Å². The molecule has 0 aliphatic heterocycles. The summed E-state index contributed by atoms with van der Waals surface area (Å²) < 4.78 is 38.6. The summed E-state index contributed by atoms with van der Waals surface area (Å²) in [6, 6.07) is 0.482. The lowest BCUT2D eigenvalue weighted by atomic mass is 10.3. The Hall–Kier alpha value is -2.39. The van der Waals surface area contributed by atoms with E-state index in [-0.39, 0.29) is 11.8 Å². The van der Waals surface area contributed by atoms with Crippen LogP contribution in [0.5, 0.6) is 0 Å². The van der Waals surface area contributed by atoms with E-state index in [4.69, 9.17) is 0 Å². The smallest absolute Gasteiger partial charge is 0.363 e. The summed E-state index contributed by atoms with van der Waals surface area (Å²) in [4.78, 5) is 12.9. The fourth-order valence-corrected chi connectivity index (χ4v) is 1.56. The number of anilines is 2. The average molecular weight is 301 g/mol. The topological polar surface area (TPSA) is 82.6 Å². The van der Waals surface area contributed by atoms with Gasteiger partial charge in [-0.15, -0.1) is 0 Å². The van der Waals surface area contributed by atoms with Crippen LogP contribution in [0.25, 0.3) is 0 Å². The Morgan fingerprint density at radius 2 is 2.00 bits per heavy atom. The predicted octanol–water partition coefficient (Wildman–Crippen LogP) is 1.85. The minimum absolute atomic E-state index is 0.127. The molecule has 2 heterocycles. The van der Waals surface area contributed by atoms with Crippen molar-refractivity contribution in [1.29, 1.82) is 0 Å². The fourth-order valence-electron chi connectivity index (χ4n) is 1.56. The molecule has 1 unspecified atom stereocenters. The van der Waals surface area contributed by atoms with E-state index >= 15 is 0 Å². The molecule has 0 saturated heterocycles. The Labute approximate surface area is 118 Å². The molecular weight excluding hydrogens is 287 g/mol. The van der Waals surface area contributed by atoms with Crippen molar-refractivity contribution in [3.63, 3.8) is 0 Å². The van der Waals surface area contributed by atoms with Gasteiger partial charge in [-0.1, -0.05) is 0 Å². The molecule has 2 N–H and O–H groups in total. The lowest BCUT2D eigenvalue weighted by molar-refractivity contribution is -0.141. The zero-order chi connectivity index (χ0) is 15.6. The van der Waals surface area contributed by atoms with E-state index < -0.39 is 17.9 Å². The molecule has 0 aliphatic carbocycles. The van der Waals surface area contributed by atoms with E-state index in [0.29, 0.717) is 5.82 Å². The molecule has 0 aliphatic rings. The highest BCUT2D eigenvalue weighted by molar-refractivity contribution is 5.44. The number of nitrogens with one attached hydrogen (secondary N) is 2. The van der Waals surface area contributed by atoms with Gasteiger partial charge in [0, 0.05) is 20.2 Å². The molecular formula is C11H14F3N7. The third-order valence-electron chi connectivity index (χ3n) is 2.65. The second-order valence-electron chi connectivity index (χ2n) is 4.56. The fraction of sp³-hybridized carbons (Fsp3) is 0.455. The number of halogens is 3. The molecule has 0 bridgehead atoms. The second-order valence-corrected chi connectivity index (χ2v) is 4.56. The van der Waals surface area contributed by atoms with Crippen LogP contribution < -0.4 is 10.2 Å². The molecule has 0 aromatic carbocycles. The summed E-state index contributed by atoms with van der Waals surface area (Å²) >= 11 is 0. The van der Waals surface area contributed by atoms with Crippen LogP contribution in [-0.4, -0.2) is 39.2 Å². The van der Waals surface area contributed by atoms with Crippen LogP contribution in [0.2, 0.25) is 0 Å². The molecule has 0 fully saturated rings. The van der Waals surface area contributed by atoms with E-state index in [9.17, 15) is 13.2 Å². The third kappa shape index (κ3) is 3.58. The SMILES string of the molecule is CC(Nc1nc(N(C)C)cc(C(F)(F)F)n1)c1ncn[nH]1. The van der Waals surface area contributed by atoms with Crippen LogP contribution in [-0.2, 0) is 6.18 Å². The Morgan fingerprint density at radius 3 is 2.52 bits per heavy atom. The normalized spacial score (nSPS) is 13.0. The first kappa shape index (κ1) is 15.0. The number of aromatic amines is 1. The number of H-pyrrole nitrogens is 1. The minimum atomic E-state index is -4.54. The summed E-state index contributed by atoms with van der Waals surface area (Å²) in [7, 11) is 3.21. The molecule has 114 valence electrons. The van der Waals surface area contributed by atoms with Crippen molar-refractivity contribution in [2.45, 2.75) is 19.1 Å². The zero-order valence-electron chi connectivity index (χ0n) is 11.6. The summed E-state index contributed by atoms with van der Waals surface area (Å²) in [6.07, 6.45) is -3.23. The van der Waals surface area contributed by atoms with E-state index in [2.05, 4.69) is 30.5 Å². The Bertz CT molecular complexity index is 594. The zero-order valence-corrected chi connectivity index (χ0v) is 11.6. The molecule has 2 aromatic heterocycles.